The number of likely N-dealkylation sites (tertiary alicyclic amines) is 1. The number of piperidine rings is 1. The molecular formula is C11H22N2O2. The Morgan fingerprint density at radius 3 is 2.93 bits per heavy atom. The first-order chi connectivity index (χ1) is 7.15. The van der Waals surface area contributed by atoms with Crippen LogP contribution in [0.2, 0.25) is 0 Å². The number of amides is 1. The van der Waals surface area contributed by atoms with E-state index in [4.69, 9.17) is 10.5 Å². The zero-order valence-electron chi connectivity index (χ0n) is 9.74. The Labute approximate surface area is 91.8 Å². The largest absolute Gasteiger partial charge is 0.449 e. The van der Waals surface area contributed by atoms with Crippen LogP contribution in [-0.2, 0) is 4.74 Å². The maximum absolute atomic E-state index is 11.7. The first-order valence-electron chi connectivity index (χ1n) is 5.84. The van der Waals surface area contributed by atoms with Crippen molar-refractivity contribution in [3.8, 4) is 0 Å². The summed E-state index contributed by atoms with van der Waals surface area (Å²) in [5.41, 5.74) is 5.83. The van der Waals surface area contributed by atoms with Crippen molar-refractivity contribution >= 4 is 6.09 Å². The molecule has 0 spiro atoms. The number of rotatable bonds is 3. The first kappa shape index (κ1) is 12.3. The minimum Gasteiger partial charge on any atom is -0.449 e. The topological polar surface area (TPSA) is 55.6 Å². The number of carbonyl (C=O) groups excluding carboxylic acids is 1. The number of nitrogens with zero attached hydrogens (tertiary/aromatic N) is 1. The minimum absolute atomic E-state index is 0.178. The van der Waals surface area contributed by atoms with Gasteiger partial charge < -0.3 is 15.4 Å². The summed E-state index contributed by atoms with van der Waals surface area (Å²) >= 11 is 0. The van der Waals surface area contributed by atoms with Gasteiger partial charge in [0.05, 0.1) is 6.61 Å². The third kappa shape index (κ3) is 3.70. The Morgan fingerprint density at radius 1 is 1.60 bits per heavy atom. The second-order valence-electron chi connectivity index (χ2n) is 4.29. The highest BCUT2D eigenvalue weighted by molar-refractivity contribution is 5.68. The predicted octanol–water partition coefficient (Wildman–Crippen LogP) is 1.73. The molecule has 4 nitrogen and oxygen atoms in total. The normalized spacial score (nSPS) is 26.5. The molecule has 0 radical (unpaired) electrons. The third-order valence-corrected chi connectivity index (χ3v) is 2.87. The van der Waals surface area contributed by atoms with Crippen LogP contribution in [0.1, 0.15) is 39.5 Å². The fourth-order valence-corrected chi connectivity index (χ4v) is 1.87. The van der Waals surface area contributed by atoms with Crippen LogP contribution in [0.4, 0.5) is 4.79 Å². The van der Waals surface area contributed by atoms with Gasteiger partial charge in [0, 0.05) is 18.6 Å². The van der Waals surface area contributed by atoms with Gasteiger partial charge in [-0.25, -0.2) is 4.79 Å². The predicted molar refractivity (Wildman–Crippen MR) is 59.6 cm³/mol. The summed E-state index contributed by atoms with van der Waals surface area (Å²) in [6.07, 6.45) is 3.57. The number of carbonyl (C=O) groups is 1. The van der Waals surface area contributed by atoms with Crippen LogP contribution in [0, 0.1) is 0 Å². The monoisotopic (exact) mass is 214 g/mol. The standard InChI is InChI=1S/C11H22N2O2/c1-3-4-7-15-11(14)13-6-5-10(12)8-9(13)2/h9-10H,3-8,12H2,1-2H3/t9-,10-/m1/s1. The van der Waals surface area contributed by atoms with Gasteiger partial charge in [0.25, 0.3) is 0 Å². The van der Waals surface area contributed by atoms with Gasteiger partial charge in [-0.2, -0.15) is 0 Å². The van der Waals surface area contributed by atoms with Crippen LogP contribution >= 0.6 is 0 Å². The summed E-state index contributed by atoms with van der Waals surface area (Å²) in [7, 11) is 0. The quantitative estimate of drug-likeness (QED) is 0.728. The molecule has 1 fully saturated rings. The molecule has 1 heterocycles. The fourth-order valence-electron chi connectivity index (χ4n) is 1.87. The van der Waals surface area contributed by atoms with Crippen LogP contribution in [0.25, 0.3) is 0 Å². The molecule has 2 atom stereocenters. The molecule has 1 aliphatic heterocycles. The van der Waals surface area contributed by atoms with E-state index in [1.807, 2.05) is 6.92 Å². The number of nitrogens with two attached hydrogens (primary N) is 1. The molecule has 88 valence electrons. The zero-order valence-corrected chi connectivity index (χ0v) is 9.74. The van der Waals surface area contributed by atoms with Gasteiger partial charge in [-0.1, -0.05) is 13.3 Å². The lowest BCUT2D eigenvalue weighted by Crippen LogP contribution is -2.48. The molecule has 0 aromatic heterocycles. The number of hydrogen-bond donors (Lipinski definition) is 1. The summed E-state index contributed by atoms with van der Waals surface area (Å²) < 4.78 is 5.17. The van der Waals surface area contributed by atoms with E-state index in [-0.39, 0.29) is 18.2 Å². The number of hydrogen-bond acceptors (Lipinski definition) is 3. The van der Waals surface area contributed by atoms with Gasteiger partial charge in [0.1, 0.15) is 0 Å². The van der Waals surface area contributed by atoms with Gasteiger partial charge in [-0.05, 0) is 26.2 Å². The van der Waals surface area contributed by atoms with E-state index in [9.17, 15) is 4.79 Å². The van der Waals surface area contributed by atoms with Crippen LogP contribution in [-0.4, -0.2) is 36.2 Å². The molecule has 2 N–H and O–H groups in total. The molecule has 0 bridgehead atoms. The summed E-state index contributed by atoms with van der Waals surface area (Å²) in [5, 5.41) is 0. The molecule has 0 unspecified atom stereocenters. The highest BCUT2D eigenvalue weighted by Crippen LogP contribution is 2.16. The molecule has 15 heavy (non-hydrogen) atoms. The van der Waals surface area contributed by atoms with Gasteiger partial charge >= 0.3 is 6.09 Å². The van der Waals surface area contributed by atoms with Gasteiger partial charge in [0.15, 0.2) is 0 Å². The molecule has 0 aromatic rings. The molecule has 4 heteroatoms. The van der Waals surface area contributed by atoms with E-state index in [2.05, 4.69) is 6.92 Å². The highest BCUT2D eigenvalue weighted by Gasteiger charge is 2.27. The SMILES string of the molecule is CCCCOC(=O)N1CC[C@@H](N)C[C@H]1C. The molecule has 0 saturated carbocycles. The second-order valence-corrected chi connectivity index (χ2v) is 4.29. The molecule has 0 aromatic carbocycles. The first-order valence-corrected chi connectivity index (χ1v) is 5.84. The number of ether oxygens (including phenoxy) is 1. The van der Waals surface area contributed by atoms with E-state index >= 15 is 0 Å². The van der Waals surface area contributed by atoms with E-state index in [1.54, 1.807) is 4.90 Å². The lowest BCUT2D eigenvalue weighted by Gasteiger charge is -2.35. The molecule has 1 rings (SSSR count). The fraction of sp³-hybridized carbons (Fsp3) is 0.909. The van der Waals surface area contributed by atoms with Crippen LogP contribution < -0.4 is 5.73 Å². The van der Waals surface area contributed by atoms with Crippen molar-refractivity contribution in [3.05, 3.63) is 0 Å². The van der Waals surface area contributed by atoms with Crippen molar-refractivity contribution in [2.24, 2.45) is 5.73 Å². The lowest BCUT2D eigenvalue weighted by atomic mass is 10.00. The van der Waals surface area contributed by atoms with Crippen molar-refractivity contribution in [2.75, 3.05) is 13.2 Å². The third-order valence-electron chi connectivity index (χ3n) is 2.87. The Kier molecular flexibility index (Phi) is 4.88. The molecule has 1 aliphatic rings. The average molecular weight is 214 g/mol. The minimum atomic E-state index is -0.178. The summed E-state index contributed by atoms with van der Waals surface area (Å²) in [6, 6.07) is 0.447. The van der Waals surface area contributed by atoms with Crippen LogP contribution in [0.3, 0.4) is 0 Å². The summed E-state index contributed by atoms with van der Waals surface area (Å²) in [5.74, 6) is 0. The Balaban J connectivity index is 2.32. The Bertz CT molecular complexity index is 209. The smallest absolute Gasteiger partial charge is 0.409 e. The highest BCUT2D eigenvalue weighted by atomic mass is 16.6. The van der Waals surface area contributed by atoms with Crippen molar-refractivity contribution in [3.63, 3.8) is 0 Å². The molecular weight excluding hydrogens is 192 g/mol. The van der Waals surface area contributed by atoms with Crippen LogP contribution in [0.15, 0.2) is 0 Å². The molecule has 1 amide bonds. The van der Waals surface area contributed by atoms with Gasteiger partial charge in [-0.15, -0.1) is 0 Å². The van der Waals surface area contributed by atoms with E-state index in [0.717, 1.165) is 32.2 Å². The Hall–Kier alpha value is -0.770. The van der Waals surface area contributed by atoms with Gasteiger partial charge in [-0.3, -0.25) is 0 Å². The maximum Gasteiger partial charge on any atom is 0.409 e. The zero-order chi connectivity index (χ0) is 11.3. The summed E-state index contributed by atoms with van der Waals surface area (Å²) in [4.78, 5) is 13.4. The van der Waals surface area contributed by atoms with Crippen molar-refractivity contribution in [1.82, 2.24) is 4.90 Å². The van der Waals surface area contributed by atoms with Crippen molar-refractivity contribution in [2.45, 2.75) is 51.6 Å². The average Bonchev–Trinajstić information content (AvgIpc) is 2.17. The molecule has 0 aliphatic carbocycles. The van der Waals surface area contributed by atoms with Gasteiger partial charge in [0.2, 0.25) is 0 Å². The van der Waals surface area contributed by atoms with Crippen molar-refractivity contribution < 1.29 is 9.53 Å². The summed E-state index contributed by atoms with van der Waals surface area (Å²) in [6.45, 7) is 5.37. The van der Waals surface area contributed by atoms with Crippen molar-refractivity contribution in [1.29, 1.82) is 0 Å². The molecule has 1 saturated heterocycles. The Morgan fingerprint density at radius 2 is 2.33 bits per heavy atom. The van der Waals surface area contributed by atoms with Crippen LogP contribution in [0.5, 0.6) is 0 Å². The van der Waals surface area contributed by atoms with E-state index in [0.29, 0.717) is 6.61 Å². The lowest BCUT2D eigenvalue weighted by molar-refractivity contribution is 0.0732. The van der Waals surface area contributed by atoms with E-state index in [1.165, 1.54) is 0 Å². The maximum atomic E-state index is 11.7. The second kappa shape index (κ2) is 5.95. The van der Waals surface area contributed by atoms with E-state index < -0.39 is 0 Å². The number of unbranched alkanes of at least 4 members (excludes halogenated alkanes) is 1.